The van der Waals surface area contributed by atoms with E-state index in [4.69, 9.17) is 11.0 Å². The first-order valence-corrected chi connectivity index (χ1v) is 4.50. The number of halogens is 4. The predicted octanol–water partition coefficient (Wildman–Crippen LogP) is 2.64. The Bertz CT molecular complexity index is 439. The van der Waals surface area contributed by atoms with Crippen LogP contribution in [0.15, 0.2) is 18.2 Å². The van der Waals surface area contributed by atoms with Crippen molar-refractivity contribution >= 4 is 0 Å². The fourth-order valence-electron chi connectivity index (χ4n) is 1.21. The molecule has 0 spiro atoms. The lowest BCUT2D eigenvalue weighted by Crippen LogP contribution is -2.18. The SMILES string of the molecule is N#CCC(N)c1cc(F)cc(OC(F)(F)F)c1. The average molecular weight is 248 g/mol. The molecule has 0 fully saturated rings. The minimum atomic E-state index is -4.90. The Morgan fingerprint density at radius 1 is 1.35 bits per heavy atom. The van der Waals surface area contributed by atoms with E-state index in [2.05, 4.69) is 4.74 Å². The van der Waals surface area contributed by atoms with Crippen LogP contribution in [-0.2, 0) is 0 Å². The number of alkyl halides is 3. The molecule has 0 aliphatic rings. The molecule has 1 aromatic rings. The van der Waals surface area contributed by atoms with E-state index < -0.39 is 24.0 Å². The fourth-order valence-corrected chi connectivity index (χ4v) is 1.21. The van der Waals surface area contributed by atoms with Crippen molar-refractivity contribution in [3.63, 3.8) is 0 Å². The molecule has 17 heavy (non-hydrogen) atoms. The van der Waals surface area contributed by atoms with Gasteiger partial charge in [-0.3, -0.25) is 0 Å². The maximum Gasteiger partial charge on any atom is 0.573 e. The highest BCUT2D eigenvalue weighted by atomic mass is 19.4. The molecule has 3 nitrogen and oxygen atoms in total. The Morgan fingerprint density at radius 2 is 2.00 bits per heavy atom. The molecule has 1 unspecified atom stereocenters. The Morgan fingerprint density at radius 3 is 2.53 bits per heavy atom. The van der Waals surface area contributed by atoms with Crippen LogP contribution in [-0.4, -0.2) is 6.36 Å². The molecule has 0 bridgehead atoms. The summed E-state index contributed by atoms with van der Waals surface area (Å²) >= 11 is 0. The quantitative estimate of drug-likeness (QED) is 0.836. The molecule has 0 aliphatic carbocycles. The van der Waals surface area contributed by atoms with Gasteiger partial charge in [-0.15, -0.1) is 13.2 Å². The fraction of sp³-hybridized carbons (Fsp3) is 0.300. The van der Waals surface area contributed by atoms with Gasteiger partial charge in [0.1, 0.15) is 11.6 Å². The molecule has 0 heterocycles. The van der Waals surface area contributed by atoms with Crippen molar-refractivity contribution in [1.82, 2.24) is 0 Å². The number of hydrogen-bond acceptors (Lipinski definition) is 3. The van der Waals surface area contributed by atoms with Crippen molar-refractivity contribution in [1.29, 1.82) is 5.26 Å². The van der Waals surface area contributed by atoms with E-state index in [1.54, 1.807) is 6.07 Å². The number of nitrogens with two attached hydrogens (primary N) is 1. The summed E-state index contributed by atoms with van der Waals surface area (Å²) in [7, 11) is 0. The Labute approximate surface area is 94.4 Å². The first kappa shape index (κ1) is 13.3. The van der Waals surface area contributed by atoms with E-state index in [0.29, 0.717) is 6.07 Å². The molecule has 1 atom stereocenters. The van der Waals surface area contributed by atoms with Gasteiger partial charge in [-0.05, 0) is 17.7 Å². The van der Waals surface area contributed by atoms with E-state index in [1.807, 2.05) is 0 Å². The topological polar surface area (TPSA) is 59.0 Å². The van der Waals surface area contributed by atoms with E-state index in [0.717, 1.165) is 12.1 Å². The van der Waals surface area contributed by atoms with Crippen molar-refractivity contribution in [2.45, 2.75) is 18.8 Å². The number of hydrogen-bond donors (Lipinski definition) is 1. The molecule has 0 saturated carbocycles. The van der Waals surface area contributed by atoms with Crippen LogP contribution in [0.5, 0.6) is 5.75 Å². The second-order valence-corrected chi connectivity index (χ2v) is 3.24. The second-order valence-electron chi connectivity index (χ2n) is 3.24. The molecule has 0 aromatic heterocycles. The summed E-state index contributed by atoms with van der Waals surface area (Å²) in [5.41, 5.74) is 5.56. The largest absolute Gasteiger partial charge is 0.573 e. The van der Waals surface area contributed by atoms with Crippen LogP contribution in [0.3, 0.4) is 0 Å². The summed E-state index contributed by atoms with van der Waals surface area (Å²) < 4.78 is 52.4. The molecule has 0 aliphatic heterocycles. The number of nitrogens with zero attached hydrogens (tertiary/aromatic N) is 1. The zero-order valence-corrected chi connectivity index (χ0v) is 8.46. The normalized spacial score (nSPS) is 12.9. The summed E-state index contributed by atoms with van der Waals surface area (Å²) in [6.45, 7) is 0. The van der Waals surface area contributed by atoms with Crippen LogP contribution < -0.4 is 10.5 Å². The van der Waals surface area contributed by atoms with Gasteiger partial charge in [0.2, 0.25) is 0 Å². The van der Waals surface area contributed by atoms with Crippen LogP contribution >= 0.6 is 0 Å². The summed E-state index contributed by atoms with van der Waals surface area (Å²) in [5.74, 6) is -1.60. The number of benzene rings is 1. The Hall–Kier alpha value is -1.81. The highest BCUT2D eigenvalue weighted by molar-refractivity contribution is 5.32. The summed E-state index contributed by atoms with van der Waals surface area (Å²) in [5, 5.41) is 8.39. The van der Waals surface area contributed by atoms with Crippen LogP contribution in [0.1, 0.15) is 18.0 Å². The first-order valence-electron chi connectivity index (χ1n) is 4.50. The number of rotatable bonds is 3. The van der Waals surface area contributed by atoms with Gasteiger partial charge in [-0.1, -0.05) is 0 Å². The van der Waals surface area contributed by atoms with Gasteiger partial charge in [0, 0.05) is 12.1 Å². The Kier molecular flexibility index (Phi) is 3.91. The lowest BCUT2D eigenvalue weighted by molar-refractivity contribution is -0.274. The molecule has 7 heteroatoms. The first-order chi connectivity index (χ1) is 7.81. The summed E-state index contributed by atoms with van der Waals surface area (Å²) in [4.78, 5) is 0. The van der Waals surface area contributed by atoms with Crippen molar-refractivity contribution in [3.05, 3.63) is 29.6 Å². The highest BCUT2D eigenvalue weighted by Gasteiger charge is 2.31. The van der Waals surface area contributed by atoms with E-state index in [-0.39, 0.29) is 12.0 Å². The minimum absolute atomic E-state index is 0.0748. The molecular formula is C10H8F4N2O. The molecule has 92 valence electrons. The van der Waals surface area contributed by atoms with Crippen molar-refractivity contribution in [2.24, 2.45) is 5.73 Å². The maximum absolute atomic E-state index is 13.0. The maximum atomic E-state index is 13.0. The third-order valence-corrected chi connectivity index (χ3v) is 1.87. The van der Waals surface area contributed by atoms with Gasteiger partial charge in [-0.25, -0.2) is 4.39 Å². The van der Waals surface area contributed by atoms with E-state index in [1.165, 1.54) is 0 Å². The minimum Gasteiger partial charge on any atom is -0.406 e. The molecular weight excluding hydrogens is 240 g/mol. The lowest BCUT2D eigenvalue weighted by atomic mass is 10.1. The van der Waals surface area contributed by atoms with Crippen LogP contribution in [0.2, 0.25) is 0 Å². The van der Waals surface area contributed by atoms with Gasteiger partial charge < -0.3 is 10.5 Å². The zero-order valence-electron chi connectivity index (χ0n) is 8.46. The molecule has 0 radical (unpaired) electrons. The van der Waals surface area contributed by atoms with Crippen LogP contribution in [0, 0.1) is 17.1 Å². The third-order valence-electron chi connectivity index (χ3n) is 1.87. The number of nitriles is 1. The van der Waals surface area contributed by atoms with E-state index in [9.17, 15) is 17.6 Å². The monoisotopic (exact) mass is 248 g/mol. The van der Waals surface area contributed by atoms with Gasteiger partial charge in [0.25, 0.3) is 0 Å². The summed E-state index contributed by atoms with van der Waals surface area (Å²) in [6, 6.07) is 3.40. The summed E-state index contributed by atoms with van der Waals surface area (Å²) in [6.07, 6.45) is -5.03. The zero-order chi connectivity index (χ0) is 13.1. The van der Waals surface area contributed by atoms with Crippen molar-refractivity contribution in [2.75, 3.05) is 0 Å². The molecule has 1 aromatic carbocycles. The molecule has 0 saturated heterocycles. The van der Waals surface area contributed by atoms with Crippen molar-refractivity contribution in [3.8, 4) is 11.8 Å². The van der Waals surface area contributed by atoms with Crippen LogP contribution in [0.4, 0.5) is 17.6 Å². The highest BCUT2D eigenvalue weighted by Crippen LogP contribution is 2.27. The smallest absolute Gasteiger partial charge is 0.406 e. The number of ether oxygens (including phenoxy) is 1. The van der Waals surface area contributed by atoms with Crippen LogP contribution in [0.25, 0.3) is 0 Å². The van der Waals surface area contributed by atoms with Gasteiger partial charge in [0.05, 0.1) is 12.5 Å². The molecule has 2 N–H and O–H groups in total. The lowest BCUT2D eigenvalue weighted by Gasteiger charge is -2.12. The molecule has 1 rings (SSSR count). The van der Waals surface area contributed by atoms with Gasteiger partial charge in [0.15, 0.2) is 0 Å². The predicted molar refractivity (Wildman–Crippen MR) is 50.2 cm³/mol. The van der Waals surface area contributed by atoms with Crippen molar-refractivity contribution < 1.29 is 22.3 Å². The average Bonchev–Trinajstić information content (AvgIpc) is 2.14. The Balaban J connectivity index is 2.99. The van der Waals surface area contributed by atoms with Gasteiger partial charge in [-0.2, -0.15) is 5.26 Å². The molecule has 0 amide bonds. The standard InChI is InChI=1S/C10H8F4N2O/c11-7-3-6(9(16)1-2-15)4-8(5-7)17-10(12,13)14/h3-5,9H,1,16H2. The van der Waals surface area contributed by atoms with Gasteiger partial charge >= 0.3 is 6.36 Å². The van der Waals surface area contributed by atoms with E-state index >= 15 is 0 Å². The third kappa shape index (κ3) is 4.28. The second kappa shape index (κ2) is 5.01.